The van der Waals surface area contributed by atoms with Gasteiger partial charge in [-0.3, -0.25) is 4.79 Å². The maximum Gasteiger partial charge on any atom is 0.283 e. The Kier molecular flexibility index (Phi) is 3.53. The standard InChI is InChI=1S/C11H14FN3O2/c1-8-6-17-3-2-15(8)11(16)10(12)4-9-5-13-7-14-9/h4-5,7-8H,2-3,6H2,1H3,(H,13,14)/b10-4-/t8-/m1/s1. The summed E-state index contributed by atoms with van der Waals surface area (Å²) < 4.78 is 18.9. The molecule has 0 aromatic carbocycles. The second kappa shape index (κ2) is 5.09. The normalized spacial score (nSPS) is 21.6. The highest BCUT2D eigenvalue weighted by molar-refractivity contribution is 5.95. The number of aromatic amines is 1. The molecule has 2 rings (SSSR count). The van der Waals surface area contributed by atoms with Gasteiger partial charge in [-0.25, -0.2) is 9.37 Å². The van der Waals surface area contributed by atoms with Crippen molar-refractivity contribution in [1.29, 1.82) is 0 Å². The number of ether oxygens (including phenoxy) is 1. The minimum Gasteiger partial charge on any atom is -0.377 e. The first-order valence-corrected chi connectivity index (χ1v) is 5.43. The highest BCUT2D eigenvalue weighted by atomic mass is 19.1. The van der Waals surface area contributed by atoms with E-state index in [1.165, 1.54) is 17.4 Å². The summed E-state index contributed by atoms with van der Waals surface area (Å²) in [6.45, 7) is 3.15. The predicted molar refractivity (Wildman–Crippen MR) is 59.7 cm³/mol. The molecule has 1 N–H and O–H groups in total. The molecule has 92 valence electrons. The van der Waals surface area contributed by atoms with E-state index in [9.17, 15) is 9.18 Å². The summed E-state index contributed by atoms with van der Waals surface area (Å²) in [5.74, 6) is -1.39. The number of imidazole rings is 1. The quantitative estimate of drug-likeness (QED) is 0.782. The fraction of sp³-hybridized carbons (Fsp3) is 0.455. The number of hydrogen-bond acceptors (Lipinski definition) is 3. The minimum absolute atomic E-state index is 0.0998. The van der Waals surface area contributed by atoms with Crippen molar-refractivity contribution >= 4 is 12.0 Å². The molecule has 0 spiro atoms. The SMILES string of the molecule is C[C@@H]1COCCN1C(=O)/C(F)=C/c1cnc[nH]1. The molecule has 0 aliphatic carbocycles. The Bertz CT molecular complexity index is 416. The Morgan fingerprint density at radius 2 is 2.59 bits per heavy atom. The molecule has 1 saturated heterocycles. The molecule has 1 aliphatic heterocycles. The molecule has 17 heavy (non-hydrogen) atoms. The Morgan fingerprint density at radius 3 is 3.24 bits per heavy atom. The van der Waals surface area contributed by atoms with Crippen molar-refractivity contribution in [3.63, 3.8) is 0 Å². The third-order valence-corrected chi connectivity index (χ3v) is 2.63. The van der Waals surface area contributed by atoms with Crippen LogP contribution in [-0.4, -0.2) is 46.6 Å². The van der Waals surface area contributed by atoms with Crippen LogP contribution in [0.4, 0.5) is 4.39 Å². The van der Waals surface area contributed by atoms with Crippen molar-refractivity contribution in [3.05, 3.63) is 24.0 Å². The van der Waals surface area contributed by atoms with Crippen molar-refractivity contribution < 1.29 is 13.9 Å². The molecule has 6 heteroatoms. The van der Waals surface area contributed by atoms with Crippen LogP contribution >= 0.6 is 0 Å². The molecule has 0 bridgehead atoms. The van der Waals surface area contributed by atoms with E-state index in [2.05, 4.69) is 9.97 Å². The van der Waals surface area contributed by atoms with Crippen LogP contribution in [0.2, 0.25) is 0 Å². The summed E-state index contributed by atoms with van der Waals surface area (Å²) in [6.07, 6.45) is 4.04. The Hall–Kier alpha value is -1.69. The number of aromatic nitrogens is 2. The van der Waals surface area contributed by atoms with Crippen LogP contribution in [0, 0.1) is 0 Å². The van der Waals surface area contributed by atoms with Crippen LogP contribution in [0.15, 0.2) is 18.4 Å². The highest BCUT2D eigenvalue weighted by Crippen LogP contribution is 2.13. The lowest BCUT2D eigenvalue weighted by Gasteiger charge is -2.32. The van der Waals surface area contributed by atoms with E-state index in [1.54, 1.807) is 0 Å². The van der Waals surface area contributed by atoms with Gasteiger partial charge in [-0.15, -0.1) is 0 Å². The zero-order valence-corrected chi connectivity index (χ0v) is 9.52. The molecule has 5 nitrogen and oxygen atoms in total. The van der Waals surface area contributed by atoms with Gasteiger partial charge in [0.2, 0.25) is 0 Å². The van der Waals surface area contributed by atoms with Crippen LogP contribution in [0.25, 0.3) is 6.08 Å². The van der Waals surface area contributed by atoms with Gasteiger partial charge >= 0.3 is 0 Å². The highest BCUT2D eigenvalue weighted by Gasteiger charge is 2.26. The lowest BCUT2D eigenvalue weighted by Crippen LogP contribution is -2.47. The topological polar surface area (TPSA) is 58.2 Å². The number of amides is 1. The molecule has 1 fully saturated rings. The molecule has 0 radical (unpaired) electrons. The van der Waals surface area contributed by atoms with E-state index in [-0.39, 0.29) is 6.04 Å². The largest absolute Gasteiger partial charge is 0.377 e. The minimum atomic E-state index is -0.789. The van der Waals surface area contributed by atoms with Crippen LogP contribution < -0.4 is 0 Å². The molecule has 1 aromatic heterocycles. The van der Waals surface area contributed by atoms with Gasteiger partial charge in [0.15, 0.2) is 5.83 Å². The number of hydrogen-bond donors (Lipinski definition) is 1. The fourth-order valence-corrected chi connectivity index (χ4v) is 1.71. The maximum absolute atomic E-state index is 13.7. The second-order valence-electron chi connectivity index (χ2n) is 3.92. The molecule has 1 aromatic rings. The summed E-state index contributed by atoms with van der Waals surface area (Å²) in [5, 5.41) is 0. The van der Waals surface area contributed by atoms with Gasteiger partial charge in [0.25, 0.3) is 5.91 Å². The Balaban J connectivity index is 2.08. The molecule has 1 atom stereocenters. The molecule has 1 amide bonds. The maximum atomic E-state index is 13.7. The number of morpholine rings is 1. The van der Waals surface area contributed by atoms with Gasteiger partial charge in [0.1, 0.15) is 0 Å². The van der Waals surface area contributed by atoms with Crippen molar-refractivity contribution in [1.82, 2.24) is 14.9 Å². The Labute approximate surface area is 98.3 Å². The van der Waals surface area contributed by atoms with E-state index in [1.807, 2.05) is 6.92 Å². The molecule has 1 aliphatic rings. The zero-order valence-electron chi connectivity index (χ0n) is 9.52. The summed E-state index contributed by atoms with van der Waals surface area (Å²) in [5.41, 5.74) is 0.469. The summed E-state index contributed by atoms with van der Waals surface area (Å²) >= 11 is 0. The predicted octanol–water partition coefficient (Wildman–Crippen LogP) is 0.967. The zero-order chi connectivity index (χ0) is 12.3. The summed E-state index contributed by atoms with van der Waals surface area (Å²) in [4.78, 5) is 19.8. The number of rotatable bonds is 2. The van der Waals surface area contributed by atoms with E-state index < -0.39 is 11.7 Å². The third-order valence-electron chi connectivity index (χ3n) is 2.63. The van der Waals surface area contributed by atoms with Crippen LogP contribution in [0.5, 0.6) is 0 Å². The average Bonchev–Trinajstić information content (AvgIpc) is 2.81. The van der Waals surface area contributed by atoms with E-state index >= 15 is 0 Å². The van der Waals surface area contributed by atoms with Gasteiger partial charge in [0, 0.05) is 12.6 Å². The first-order chi connectivity index (χ1) is 8.18. The molecule has 2 heterocycles. The monoisotopic (exact) mass is 239 g/mol. The van der Waals surface area contributed by atoms with E-state index in [0.29, 0.717) is 25.5 Å². The smallest absolute Gasteiger partial charge is 0.283 e. The first kappa shape index (κ1) is 11.8. The molecular weight excluding hydrogens is 225 g/mol. The fourth-order valence-electron chi connectivity index (χ4n) is 1.71. The van der Waals surface area contributed by atoms with Crippen LogP contribution in [0.1, 0.15) is 12.6 Å². The summed E-state index contributed by atoms with van der Waals surface area (Å²) in [7, 11) is 0. The number of nitrogens with zero attached hydrogens (tertiary/aromatic N) is 2. The van der Waals surface area contributed by atoms with Gasteiger partial charge in [-0.1, -0.05) is 0 Å². The van der Waals surface area contributed by atoms with Crippen molar-refractivity contribution in [2.75, 3.05) is 19.8 Å². The van der Waals surface area contributed by atoms with E-state index in [4.69, 9.17) is 4.74 Å². The van der Waals surface area contributed by atoms with Gasteiger partial charge in [-0.2, -0.15) is 0 Å². The number of carbonyl (C=O) groups excluding carboxylic acids is 1. The number of halogens is 1. The lowest BCUT2D eigenvalue weighted by molar-refractivity contribution is -0.136. The Morgan fingerprint density at radius 1 is 1.76 bits per heavy atom. The number of carbonyl (C=O) groups is 1. The van der Waals surface area contributed by atoms with Gasteiger partial charge < -0.3 is 14.6 Å². The molecule has 0 unspecified atom stereocenters. The van der Waals surface area contributed by atoms with Crippen molar-refractivity contribution in [3.8, 4) is 0 Å². The van der Waals surface area contributed by atoms with Gasteiger partial charge in [0.05, 0.1) is 37.5 Å². The third kappa shape index (κ3) is 2.71. The van der Waals surface area contributed by atoms with Crippen molar-refractivity contribution in [2.24, 2.45) is 0 Å². The average molecular weight is 239 g/mol. The molecule has 0 saturated carbocycles. The van der Waals surface area contributed by atoms with Gasteiger partial charge in [-0.05, 0) is 6.92 Å². The number of nitrogens with one attached hydrogen (secondary N) is 1. The summed E-state index contributed by atoms with van der Waals surface area (Å²) in [6, 6.07) is -0.0998. The number of H-pyrrole nitrogens is 1. The first-order valence-electron chi connectivity index (χ1n) is 5.43. The van der Waals surface area contributed by atoms with E-state index in [0.717, 1.165) is 6.08 Å². The lowest BCUT2D eigenvalue weighted by atomic mass is 10.2. The van der Waals surface area contributed by atoms with Crippen LogP contribution in [-0.2, 0) is 9.53 Å². The van der Waals surface area contributed by atoms with Crippen molar-refractivity contribution in [2.45, 2.75) is 13.0 Å². The molecular formula is C11H14FN3O2. The van der Waals surface area contributed by atoms with Crippen LogP contribution in [0.3, 0.4) is 0 Å². The second-order valence-corrected chi connectivity index (χ2v) is 3.92.